The molecule has 2 aliphatic heterocycles. The third-order valence-electron chi connectivity index (χ3n) is 7.63. The zero-order valence-corrected chi connectivity index (χ0v) is 23.1. The lowest BCUT2D eigenvalue weighted by Gasteiger charge is -2.41. The number of hydrogen-bond acceptors (Lipinski definition) is 6. The molecule has 2 saturated heterocycles. The fourth-order valence-corrected chi connectivity index (χ4v) is 5.45. The number of benzene rings is 2. The summed E-state index contributed by atoms with van der Waals surface area (Å²) >= 11 is 0. The van der Waals surface area contributed by atoms with Gasteiger partial charge in [0.2, 0.25) is 0 Å². The van der Waals surface area contributed by atoms with Gasteiger partial charge in [0.05, 0.1) is 48.3 Å². The molecule has 3 atom stereocenters. The predicted octanol–water partition coefficient (Wildman–Crippen LogP) is 6.09. The van der Waals surface area contributed by atoms with Crippen molar-refractivity contribution >= 4 is 0 Å². The van der Waals surface area contributed by atoms with Crippen molar-refractivity contribution in [3.63, 3.8) is 0 Å². The van der Waals surface area contributed by atoms with E-state index in [1.54, 1.807) is 11.0 Å². The summed E-state index contributed by atoms with van der Waals surface area (Å²) in [5.41, 5.74) is -1.46. The standard InChI is InChI=1S/C29H33F6N5O2/c1-20(22-15-23(28(30,31)32)17-24(16-22)29(33,34)35)42-27-26(21-7-3-2-4-8-21)39(13-14-41-27)19-25-18-36-40(37-25)12-11-38-9-5-6-10-38/h2-4,7-8,15-18,20,26-27H,5-6,9-14,19H2,1H3/t20?,26-,27+/m0/s1. The molecule has 0 aliphatic carbocycles. The summed E-state index contributed by atoms with van der Waals surface area (Å²) in [6.45, 7) is 6.30. The molecule has 2 aromatic carbocycles. The van der Waals surface area contributed by atoms with E-state index in [4.69, 9.17) is 9.47 Å². The fraction of sp³-hybridized carbons (Fsp3) is 0.517. The summed E-state index contributed by atoms with van der Waals surface area (Å²) in [5, 5.41) is 9.04. The second-order valence-electron chi connectivity index (χ2n) is 10.7. The highest BCUT2D eigenvalue weighted by Crippen LogP contribution is 2.39. The fourth-order valence-electron chi connectivity index (χ4n) is 5.45. The molecule has 2 fully saturated rings. The van der Waals surface area contributed by atoms with Crippen molar-refractivity contribution in [1.29, 1.82) is 0 Å². The molecule has 3 aromatic rings. The molecule has 228 valence electrons. The van der Waals surface area contributed by atoms with Crippen LogP contribution in [0.15, 0.2) is 54.7 Å². The van der Waals surface area contributed by atoms with Crippen LogP contribution in [0.3, 0.4) is 0 Å². The number of likely N-dealkylation sites (tertiary alicyclic amines) is 1. The van der Waals surface area contributed by atoms with Gasteiger partial charge in [0.1, 0.15) is 0 Å². The molecular weight excluding hydrogens is 564 g/mol. The zero-order chi connectivity index (χ0) is 29.9. The highest BCUT2D eigenvalue weighted by atomic mass is 19.4. The van der Waals surface area contributed by atoms with Crippen LogP contribution in [0.4, 0.5) is 26.3 Å². The van der Waals surface area contributed by atoms with Crippen LogP contribution in [0, 0.1) is 0 Å². The molecule has 0 spiro atoms. The van der Waals surface area contributed by atoms with Crippen molar-refractivity contribution in [1.82, 2.24) is 24.8 Å². The van der Waals surface area contributed by atoms with E-state index in [2.05, 4.69) is 20.0 Å². The Bertz CT molecular complexity index is 1280. The van der Waals surface area contributed by atoms with Crippen molar-refractivity contribution in [3.05, 3.63) is 82.7 Å². The van der Waals surface area contributed by atoms with Gasteiger partial charge < -0.3 is 14.4 Å². The number of hydrogen-bond donors (Lipinski definition) is 0. The number of morpholine rings is 1. The third-order valence-corrected chi connectivity index (χ3v) is 7.63. The average molecular weight is 598 g/mol. The molecule has 13 heteroatoms. The average Bonchev–Trinajstić information content (AvgIpc) is 3.63. The smallest absolute Gasteiger partial charge is 0.349 e. The summed E-state index contributed by atoms with van der Waals surface area (Å²) in [6, 6.07) is 10.3. The maximum Gasteiger partial charge on any atom is 0.416 e. The Kier molecular flexibility index (Phi) is 9.21. The normalized spacial score (nSPS) is 21.6. The lowest BCUT2D eigenvalue weighted by atomic mass is 10.0. The zero-order valence-electron chi connectivity index (χ0n) is 23.1. The van der Waals surface area contributed by atoms with E-state index in [1.165, 1.54) is 19.8 Å². The van der Waals surface area contributed by atoms with Crippen LogP contribution in [0.1, 0.15) is 59.9 Å². The first kappa shape index (κ1) is 30.5. The molecule has 0 N–H and O–H groups in total. The van der Waals surface area contributed by atoms with Crippen LogP contribution in [0.2, 0.25) is 0 Å². The Morgan fingerprint density at radius 1 is 0.929 bits per heavy atom. The molecule has 1 unspecified atom stereocenters. The maximum absolute atomic E-state index is 13.5. The van der Waals surface area contributed by atoms with Crippen LogP contribution in [-0.4, -0.2) is 63.9 Å². The lowest BCUT2D eigenvalue weighted by Crippen LogP contribution is -2.46. The van der Waals surface area contributed by atoms with E-state index in [1.807, 2.05) is 30.3 Å². The molecule has 42 heavy (non-hydrogen) atoms. The van der Waals surface area contributed by atoms with Crippen molar-refractivity contribution < 1.29 is 35.8 Å². The van der Waals surface area contributed by atoms with E-state index in [0.29, 0.717) is 31.8 Å². The van der Waals surface area contributed by atoms with Crippen LogP contribution in [0.5, 0.6) is 0 Å². The van der Waals surface area contributed by atoms with Gasteiger partial charge in [-0.25, -0.2) is 0 Å². The number of halogens is 6. The second-order valence-corrected chi connectivity index (χ2v) is 10.7. The van der Waals surface area contributed by atoms with Crippen molar-refractivity contribution in [3.8, 4) is 0 Å². The Balaban J connectivity index is 1.35. The van der Waals surface area contributed by atoms with E-state index in [-0.39, 0.29) is 18.2 Å². The number of ether oxygens (including phenoxy) is 2. The van der Waals surface area contributed by atoms with Gasteiger partial charge in [-0.2, -0.15) is 41.3 Å². The van der Waals surface area contributed by atoms with E-state index < -0.39 is 41.9 Å². The van der Waals surface area contributed by atoms with Gasteiger partial charge in [0, 0.05) is 19.6 Å². The minimum Gasteiger partial charge on any atom is -0.349 e. The first-order valence-electron chi connectivity index (χ1n) is 13.9. The van der Waals surface area contributed by atoms with Crippen LogP contribution in [0.25, 0.3) is 0 Å². The van der Waals surface area contributed by atoms with Gasteiger partial charge >= 0.3 is 12.4 Å². The second kappa shape index (κ2) is 12.7. The van der Waals surface area contributed by atoms with E-state index in [0.717, 1.165) is 30.9 Å². The summed E-state index contributed by atoms with van der Waals surface area (Å²) in [7, 11) is 0. The van der Waals surface area contributed by atoms with Gasteiger partial charge in [-0.05, 0) is 62.2 Å². The van der Waals surface area contributed by atoms with Gasteiger partial charge in [0.15, 0.2) is 6.29 Å². The van der Waals surface area contributed by atoms with Crippen molar-refractivity contribution in [2.75, 3.05) is 32.8 Å². The van der Waals surface area contributed by atoms with E-state index >= 15 is 0 Å². The topological polar surface area (TPSA) is 55.7 Å². The lowest BCUT2D eigenvalue weighted by molar-refractivity contribution is -0.231. The summed E-state index contributed by atoms with van der Waals surface area (Å²) in [6.07, 6.45) is -7.88. The Hall–Kier alpha value is -3.00. The third kappa shape index (κ3) is 7.49. The molecule has 0 amide bonds. The minimum absolute atomic E-state index is 0.111. The van der Waals surface area contributed by atoms with Gasteiger partial charge in [-0.1, -0.05) is 30.3 Å². The minimum atomic E-state index is -4.95. The Morgan fingerprint density at radius 2 is 1.60 bits per heavy atom. The van der Waals surface area contributed by atoms with Crippen LogP contribution < -0.4 is 0 Å². The van der Waals surface area contributed by atoms with Crippen molar-refractivity contribution in [2.24, 2.45) is 0 Å². The molecule has 2 aliphatic rings. The Morgan fingerprint density at radius 3 is 2.24 bits per heavy atom. The Labute approximate surface area is 240 Å². The van der Waals surface area contributed by atoms with E-state index in [9.17, 15) is 26.3 Å². The molecule has 0 bridgehead atoms. The first-order chi connectivity index (χ1) is 20.0. The molecule has 1 aromatic heterocycles. The number of nitrogens with zero attached hydrogens (tertiary/aromatic N) is 5. The summed E-state index contributed by atoms with van der Waals surface area (Å²) in [5.74, 6) is 0. The number of rotatable bonds is 9. The molecule has 3 heterocycles. The highest BCUT2D eigenvalue weighted by molar-refractivity contribution is 5.34. The van der Waals surface area contributed by atoms with Gasteiger partial charge in [0.25, 0.3) is 0 Å². The molecule has 0 saturated carbocycles. The summed E-state index contributed by atoms with van der Waals surface area (Å²) < 4.78 is 92.9. The monoisotopic (exact) mass is 597 g/mol. The molecule has 5 rings (SSSR count). The molecule has 0 radical (unpaired) electrons. The first-order valence-corrected chi connectivity index (χ1v) is 13.9. The van der Waals surface area contributed by atoms with Crippen LogP contribution >= 0.6 is 0 Å². The van der Waals surface area contributed by atoms with Gasteiger partial charge in [-0.15, -0.1) is 0 Å². The SMILES string of the molecule is CC(O[C@H]1OCCN(Cc2cnn(CCN3CCCC3)n2)[C@H]1c1ccccc1)c1cc(C(F)(F)F)cc(C(F)(F)F)c1. The largest absolute Gasteiger partial charge is 0.416 e. The number of aromatic nitrogens is 3. The molecule has 7 nitrogen and oxygen atoms in total. The predicted molar refractivity (Wildman–Crippen MR) is 141 cm³/mol. The van der Waals surface area contributed by atoms with Crippen molar-refractivity contribution in [2.45, 2.75) is 63.6 Å². The summed E-state index contributed by atoms with van der Waals surface area (Å²) in [4.78, 5) is 6.13. The number of alkyl halides is 6. The maximum atomic E-state index is 13.5. The van der Waals surface area contributed by atoms with Gasteiger partial charge in [-0.3, -0.25) is 4.90 Å². The molecular formula is C29H33F6N5O2. The quantitative estimate of drug-likeness (QED) is 0.279. The van der Waals surface area contributed by atoms with Crippen LogP contribution in [-0.2, 0) is 34.9 Å². The highest BCUT2D eigenvalue weighted by Gasteiger charge is 2.39.